The van der Waals surface area contributed by atoms with Gasteiger partial charge in [-0.05, 0) is 37.5 Å². The summed E-state index contributed by atoms with van der Waals surface area (Å²) in [4.78, 5) is 12.5. The number of benzene rings is 1. The zero-order valence-electron chi connectivity index (χ0n) is 11.9. The van der Waals surface area contributed by atoms with Crippen LogP contribution in [0.4, 0.5) is 0 Å². The highest BCUT2D eigenvalue weighted by atomic mass is 16.5. The number of furan rings is 1. The van der Waals surface area contributed by atoms with Gasteiger partial charge in [0.1, 0.15) is 11.3 Å². The number of hydrogen-bond acceptors (Lipinski definition) is 4. The molecule has 21 heavy (non-hydrogen) atoms. The second-order valence-electron chi connectivity index (χ2n) is 5.87. The average molecular weight is 286 g/mol. The molecule has 5 heteroatoms. The largest absolute Gasteiger partial charge is 0.496 e. The minimum absolute atomic E-state index is 0.0639. The van der Waals surface area contributed by atoms with Gasteiger partial charge in [-0.1, -0.05) is 0 Å². The fraction of sp³-hybridized carbons (Fsp3) is 0.438. The molecule has 1 amide bonds. The first-order valence-corrected chi connectivity index (χ1v) is 7.37. The molecule has 4 rings (SSSR count). The monoisotopic (exact) mass is 286 g/mol. The van der Waals surface area contributed by atoms with Crippen molar-refractivity contribution in [1.29, 1.82) is 0 Å². The van der Waals surface area contributed by atoms with Gasteiger partial charge in [-0.3, -0.25) is 4.79 Å². The normalized spacial score (nSPS) is 27.2. The van der Waals surface area contributed by atoms with Crippen LogP contribution in [0.15, 0.2) is 28.9 Å². The maximum Gasteiger partial charge on any atom is 0.251 e. The molecule has 0 radical (unpaired) electrons. The van der Waals surface area contributed by atoms with Crippen molar-refractivity contribution in [2.45, 2.75) is 37.4 Å². The fourth-order valence-corrected chi connectivity index (χ4v) is 3.57. The van der Waals surface area contributed by atoms with E-state index >= 15 is 0 Å². The lowest BCUT2D eigenvalue weighted by Gasteiger charge is -2.21. The molecule has 3 heterocycles. The first-order chi connectivity index (χ1) is 10.2. The van der Waals surface area contributed by atoms with E-state index in [4.69, 9.17) is 9.15 Å². The van der Waals surface area contributed by atoms with Crippen molar-refractivity contribution in [3.63, 3.8) is 0 Å². The van der Waals surface area contributed by atoms with Crippen LogP contribution in [-0.4, -0.2) is 31.1 Å². The van der Waals surface area contributed by atoms with Crippen LogP contribution in [0.3, 0.4) is 0 Å². The molecule has 5 nitrogen and oxygen atoms in total. The molecule has 1 aromatic carbocycles. The predicted molar refractivity (Wildman–Crippen MR) is 78.6 cm³/mol. The van der Waals surface area contributed by atoms with Gasteiger partial charge in [-0.2, -0.15) is 0 Å². The number of hydrogen-bond donors (Lipinski definition) is 2. The van der Waals surface area contributed by atoms with Gasteiger partial charge < -0.3 is 19.8 Å². The Morgan fingerprint density at radius 2 is 2.33 bits per heavy atom. The quantitative estimate of drug-likeness (QED) is 0.906. The zero-order valence-corrected chi connectivity index (χ0v) is 11.9. The molecule has 110 valence electrons. The van der Waals surface area contributed by atoms with Crippen LogP contribution in [0.1, 0.15) is 29.6 Å². The van der Waals surface area contributed by atoms with Gasteiger partial charge in [0.25, 0.3) is 5.91 Å². The molecule has 0 unspecified atom stereocenters. The van der Waals surface area contributed by atoms with E-state index in [9.17, 15) is 4.79 Å². The Hall–Kier alpha value is -2.01. The number of amides is 1. The van der Waals surface area contributed by atoms with Gasteiger partial charge in [0.05, 0.1) is 18.8 Å². The summed E-state index contributed by atoms with van der Waals surface area (Å²) in [5.74, 6) is 0.600. The van der Waals surface area contributed by atoms with Crippen molar-refractivity contribution in [2.75, 3.05) is 7.11 Å². The third-order valence-corrected chi connectivity index (χ3v) is 4.63. The van der Waals surface area contributed by atoms with Crippen molar-refractivity contribution in [3.8, 4) is 5.75 Å². The summed E-state index contributed by atoms with van der Waals surface area (Å²) in [6.45, 7) is 0. The molecule has 0 spiro atoms. The molecule has 0 saturated carbocycles. The van der Waals surface area contributed by atoms with Crippen LogP contribution in [0.5, 0.6) is 5.75 Å². The lowest BCUT2D eigenvalue weighted by molar-refractivity contribution is 0.0930. The van der Waals surface area contributed by atoms with Crippen LogP contribution in [0.25, 0.3) is 11.0 Å². The summed E-state index contributed by atoms with van der Waals surface area (Å²) in [5, 5.41) is 7.55. The van der Waals surface area contributed by atoms with Crippen LogP contribution >= 0.6 is 0 Å². The lowest BCUT2D eigenvalue weighted by Crippen LogP contribution is -2.42. The SMILES string of the molecule is COc1cc(C(=O)N[C@@H]2C[C@H]3CC[C@@H]2N3)cc2occc12. The molecule has 2 saturated heterocycles. The molecule has 2 aliphatic heterocycles. The van der Waals surface area contributed by atoms with E-state index in [0.29, 0.717) is 29.0 Å². The van der Waals surface area contributed by atoms with E-state index in [1.807, 2.05) is 6.07 Å². The predicted octanol–water partition coefficient (Wildman–Crippen LogP) is 2.06. The molecule has 2 N–H and O–H groups in total. The minimum Gasteiger partial charge on any atom is -0.496 e. The maximum atomic E-state index is 12.5. The lowest BCUT2D eigenvalue weighted by atomic mass is 9.95. The second kappa shape index (κ2) is 4.77. The van der Waals surface area contributed by atoms with Gasteiger partial charge in [0, 0.05) is 23.7 Å². The van der Waals surface area contributed by atoms with Gasteiger partial charge in [0.15, 0.2) is 0 Å². The number of fused-ring (bicyclic) bond motifs is 3. The molecule has 2 fully saturated rings. The first kappa shape index (κ1) is 12.7. The number of rotatable bonds is 3. The van der Waals surface area contributed by atoms with E-state index in [-0.39, 0.29) is 11.9 Å². The number of carbonyl (C=O) groups is 1. The standard InChI is InChI=1S/C16H18N2O3/c1-20-14-6-9(7-15-11(14)4-5-21-15)16(19)18-13-8-10-2-3-12(13)17-10/h4-7,10,12-13,17H,2-3,8H2,1H3,(H,18,19)/t10-,12+,13-/m1/s1. The van der Waals surface area contributed by atoms with Crippen molar-refractivity contribution in [3.05, 3.63) is 30.0 Å². The van der Waals surface area contributed by atoms with Crippen LogP contribution < -0.4 is 15.4 Å². The molecular formula is C16H18N2O3. The summed E-state index contributed by atoms with van der Waals surface area (Å²) in [6, 6.07) is 6.61. The summed E-state index contributed by atoms with van der Waals surface area (Å²) < 4.78 is 10.7. The average Bonchev–Trinajstić information content (AvgIpc) is 3.21. The highest BCUT2D eigenvalue weighted by molar-refractivity contribution is 5.99. The summed E-state index contributed by atoms with van der Waals surface area (Å²) in [7, 11) is 1.60. The molecular weight excluding hydrogens is 268 g/mol. The topological polar surface area (TPSA) is 63.5 Å². The zero-order chi connectivity index (χ0) is 14.4. The van der Waals surface area contributed by atoms with E-state index in [1.165, 1.54) is 6.42 Å². The first-order valence-electron chi connectivity index (χ1n) is 7.37. The minimum atomic E-state index is -0.0639. The number of methoxy groups -OCH3 is 1. The third kappa shape index (κ3) is 2.08. The van der Waals surface area contributed by atoms with Crippen molar-refractivity contribution < 1.29 is 13.9 Å². The van der Waals surface area contributed by atoms with Crippen LogP contribution in [-0.2, 0) is 0 Å². The van der Waals surface area contributed by atoms with Gasteiger partial charge in [0.2, 0.25) is 0 Å². The summed E-state index contributed by atoms with van der Waals surface area (Å²) in [6.07, 6.45) is 5.00. The summed E-state index contributed by atoms with van der Waals surface area (Å²) >= 11 is 0. The third-order valence-electron chi connectivity index (χ3n) is 4.63. The summed E-state index contributed by atoms with van der Waals surface area (Å²) in [5.41, 5.74) is 1.25. The number of carbonyl (C=O) groups excluding carboxylic acids is 1. The van der Waals surface area contributed by atoms with Gasteiger partial charge in [-0.15, -0.1) is 0 Å². The molecule has 0 aliphatic carbocycles. The Kier molecular flexibility index (Phi) is 2.89. The smallest absolute Gasteiger partial charge is 0.251 e. The van der Waals surface area contributed by atoms with E-state index in [1.54, 1.807) is 25.5 Å². The molecule has 2 bridgehead atoms. The van der Waals surface area contributed by atoms with E-state index < -0.39 is 0 Å². The van der Waals surface area contributed by atoms with Gasteiger partial charge in [-0.25, -0.2) is 0 Å². The Morgan fingerprint density at radius 1 is 1.43 bits per heavy atom. The molecule has 2 aromatic rings. The molecule has 2 aliphatic rings. The van der Waals surface area contributed by atoms with Crippen molar-refractivity contribution in [1.82, 2.24) is 10.6 Å². The highest BCUT2D eigenvalue weighted by Gasteiger charge is 2.39. The van der Waals surface area contributed by atoms with Crippen molar-refractivity contribution in [2.24, 2.45) is 0 Å². The molecule has 3 atom stereocenters. The number of ether oxygens (including phenoxy) is 1. The Labute approximate surface area is 122 Å². The molecule has 1 aromatic heterocycles. The Balaban J connectivity index is 1.59. The van der Waals surface area contributed by atoms with Crippen LogP contribution in [0.2, 0.25) is 0 Å². The van der Waals surface area contributed by atoms with E-state index in [2.05, 4.69) is 10.6 Å². The highest BCUT2D eigenvalue weighted by Crippen LogP contribution is 2.30. The fourth-order valence-electron chi connectivity index (χ4n) is 3.57. The van der Waals surface area contributed by atoms with E-state index in [0.717, 1.165) is 18.2 Å². The Bertz CT molecular complexity index is 694. The van der Waals surface area contributed by atoms with Crippen LogP contribution in [0, 0.1) is 0 Å². The van der Waals surface area contributed by atoms with Crippen molar-refractivity contribution >= 4 is 16.9 Å². The maximum absolute atomic E-state index is 12.5. The number of nitrogens with one attached hydrogen (secondary N) is 2. The van der Waals surface area contributed by atoms with Gasteiger partial charge >= 0.3 is 0 Å². The Morgan fingerprint density at radius 3 is 3.05 bits per heavy atom. The second-order valence-corrected chi connectivity index (χ2v) is 5.87.